The van der Waals surface area contributed by atoms with E-state index in [9.17, 15) is 14.4 Å². The van der Waals surface area contributed by atoms with E-state index >= 15 is 0 Å². The van der Waals surface area contributed by atoms with Gasteiger partial charge in [0.2, 0.25) is 5.91 Å². The maximum absolute atomic E-state index is 13.0. The Labute approximate surface area is 220 Å². The standard InChI is InChI=1S/C27H28ClN5O4/c1-33(25(34)16-29-19-4-3-5-19)20-9-6-17(7-10-20)26(35)31-23-12-11-21(37-2)14-22(23)27(36)32-24-13-8-18(28)15-30-24/h6-15,19,29H,3-5,16H2,1-2H3,(H,31,35)(H,30,32,36). The molecule has 0 saturated heterocycles. The first-order valence-corrected chi connectivity index (χ1v) is 12.2. The lowest BCUT2D eigenvalue weighted by Crippen LogP contribution is -2.42. The molecule has 1 aliphatic carbocycles. The monoisotopic (exact) mass is 521 g/mol. The number of nitrogens with one attached hydrogen (secondary N) is 3. The molecular weight excluding hydrogens is 494 g/mol. The Balaban J connectivity index is 1.44. The summed E-state index contributed by atoms with van der Waals surface area (Å²) in [4.78, 5) is 44.1. The SMILES string of the molecule is COc1ccc(NC(=O)c2ccc(N(C)C(=O)CNC3CCC3)cc2)c(C(=O)Nc2ccc(Cl)cn2)c1. The third kappa shape index (κ3) is 6.63. The molecule has 1 fully saturated rings. The molecule has 3 amide bonds. The number of nitrogens with zero attached hydrogens (tertiary/aromatic N) is 2. The van der Waals surface area contributed by atoms with Crippen molar-refractivity contribution in [2.45, 2.75) is 25.3 Å². The quantitative estimate of drug-likeness (QED) is 0.386. The van der Waals surface area contributed by atoms with Crippen LogP contribution in [0.5, 0.6) is 5.75 Å². The van der Waals surface area contributed by atoms with E-state index in [0.29, 0.717) is 39.6 Å². The van der Waals surface area contributed by atoms with Crippen LogP contribution >= 0.6 is 11.6 Å². The van der Waals surface area contributed by atoms with Gasteiger partial charge in [-0.2, -0.15) is 0 Å². The highest BCUT2D eigenvalue weighted by Gasteiger charge is 2.20. The fourth-order valence-electron chi connectivity index (χ4n) is 3.72. The lowest BCUT2D eigenvalue weighted by Gasteiger charge is -2.27. The number of benzene rings is 2. The number of methoxy groups -OCH3 is 1. The first kappa shape index (κ1) is 26.1. The highest BCUT2D eigenvalue weighted by atomic mass is 35.5. The van der Waals surface area contributed by atoms with E-state index in [2.05, 4.69) is 20.9 Å². The Morgan fingerprint density at radius 1 is 1.03 bits per heavy atom. The lowest BCUT2D eigenvalue weighted by molar-refractivity contribution is -0.117. The van der Waals surface area contributed by atoms with E-state index in [4.69, 9.17) is 16.3 Å². The van der Waals surface area contributed by atoms with Gasteiger partial charge in [-0.05, 0) is 67.4 Å². The average Bonchev–Trinajstić information content (AvgIpc) is 2.88. The van der Waals surface area contributed by atoms with Crippen molar-refractivity contribution >= 4 is 46.5 Å². The van der Waals surface area contributed by atoms with Crippen molar-refractivity contribution < 1.29 is 19.1 Å². The van der Waals surface area contributed by atoms with Gasteiger partial charge in [0.15, 0.2) is 0 Å². The van der Waals surface area contributed by atoms with Crippen LogP contribution in [0.15, 0.2) is 60.8 Å². The molecule has 37 heavy (non-hydrogen) atoms. The summed E-state index contributed by atoms with van der Waals surface area (Å²) in [5.41, 5.74) is 1.55. The molecule has 1 aromatic heterocycles. The van der Waals surface area contributed by atoms with E-state index in [1.54, 1.807) is 60.5 Å². The number of rotatable bonds is 9. The van der Waals surface area contributed by atoms with Crippen LogP contribution in [0.4, 0.5) is 17.2 Å². The Morgan fingerprint density at radius 2 is 1.78 bits per heavy atom. The predicted molar refractivity (Wildman–Crippen MR) is 144 cm³/mol. The predicted octanol–water partition coefficient (Wildman–Crippen LogP) is 4.35. The number of carbonyl (C=O) groups excluding carboxylic acids is 3. The molecule has 10 heteroatoms. The molecule has 0 aliphatic heterocycles. The van der Waals surface area contributed by atoms with Crippen molar-refractivity contribution in [3.63, 3.8) is 0 Å². The molecular formula is C27H28ClN5O4. The van der Waals surface area contributed by atoms with Gasteiger partial charge in [-0.3, -0.25) is 14.4 Å². The molecule has 0 atom stereocenters. The first-order chi connectivity index (χ1) is 17.8. The van der Waals surface area contributed by atoms with Gasteiger partial charge in [-0.25, -0.2) is 4.98 Å². The molecule has 0 bridgehead atoms. The lowest BCUT2D eigenvalue weighted by atomic mass is 9.93. The Hall–Kier alpha value is -3.95. The molecule has 0 radical (unpaired) electrons. The van der Waals surface area contributed by atoms with E-state index in [0.717, 1.165) is 12.8 Å². The second-order valence-corrected chi connectivity index (χ2v) is 9.13. The van der Waals surface area contributed by atoms with Crippen LogP contribution in [-0.4, -0.2) is 49.4 Å². The van der Waals surface area contributed by atoms with E-state index < -0.39 is 11.8 Å². The summed E-state index contributed by atoms with van der Waals surface area (Å²) in [5, 5.41) is 9.17. The summed E-state index contributed by atoms with van der Waals surface area (Å²) in [6.45, 7) is 0.275. The van der Waals surface area contributed by atoms with Crippen molar-refractivity contribution in [1.82, 2.24) is 10.3 Å². The topological polar surface area (TPSA) is 113 Å². The number of hydrogen-bond acceptors (Lipinski definition) is 6. The highest BCUT2D eigenvalue weighted by Crippen LogP contribution is 2.25. The summed E-state index contributed by atoms with van der Waals surface area (Å²) in [6, 6.07) is 15.1. The van der Waals surface area contributed by atoms with Gasteiger partial charge in [0.1, 0.15) is 11.6 Å². The minimum atomic E-state index is -0.477. The van der Waals surface area contributed by atoms with Gasteiger partial charge in [0.05, 0.1) is 29.9 Å². The van der Waals surface area contributed by atoms with Crippen LogP contribution in [0, 0.1) is 0 Å². The first-order valence-electron chi connectivity index (χ1n) is 11.9. The zero-order chi connectivity index (χ0) is 26.4. The number of anilines is 3. The fourth-order valence-corrected chi connectivity index (χ4v) is 3.83. The summed E-state index contributed by atoms with van der Waals surface area (Å²) < 4.78 is 5.25. The Bertz CT molecular complexity index is 1280. The van der Waals surface area contributed by atoms with Gasteiger partial charge in [-0.15, -0.1) is 0 Å². The van der Waals surface area contributed by atoms with Crippen LogP contribution in [-0.2, 0) is 4.79 Å². The number of hydrogen-bond donors (Lipinski definition) is 3. The van der Waals surface area contributed by atoms with E-state index in [1.807, 2.05) is 0 Å². The highest BCUT2D eigenvalue weighted by molar-refractivity contribution is 6.30. The second-order valence-electron chi connectivity index (χ2n) is 8.69. The number of aromatic nitrogens is 1. The zero-order valence-electron chi connectivity index (χ0n) is 20.6. The molecule has 1 aliphatic rings. The molecule has 2 aromatic carbocycles. The van der Waals surface area contributed by atoms with Gasteiger partial charge in [0.25, 0.3) is 11.8 Å². The number of carbonyl (C=O) groups is 3. The summed E-state index contributed by atoms with van der Waals surface area (Å²) >= 11 is 5.86. The molecule has 3 N–H and O–H groups in total. The molecule has 3 aromatic rings. The van der Waals surface area contributed by atoms with Gasteiger partial charge in [-0.1, -0.05) is 18.0 Å². The van der Waals surface area contributed by atoms with Crippen molar-refractivity contribution in [3.8, 4) is 5.75 Å². The molecule has 0 spiro atoms. The van der Waals surface area contributed by atoms with Gasteiger partial charge >= 0.3 is 0 Å². The second kappa shape index (κ2) is 11.9. The van der Waals surface area contributed by atoms with E-state index in [-0.39, 0.29) is 18.0 Å². The third-order valence-corrected chi connectivity index (χ3v) is 6.45. The molecule has 0 unspecified atom stereocenters. The maximum Gasteiger partial charge on any atom is 0.259 e. The smallest absolute Gasteiger partial charge is 0.259 e. The minimum absolute atomic E-state index is 0.0480. The molecule has 9 nitrogen and oxygen atoms in total. The van der Waals surface area contributed by atoms with Crippen molar-refractivity contribution in [2.75, 3.05) is 36.2 Å². The maximum atomic E-state index is 13.0. The van der Waals surface area contributed by atoms with Crippen molar-refractivity contribution in [3.05, 3.63) is 76.9 Å². The summed E-state index contributed by atoms with van der Waals surface area (Å²) in [7, 11) is 3.19. The molecule has 1 saturated carbocycles. The van der Waals surface area contributed by atoms with Crippen molar-refractivity contribution in [2.24, 2.45) is 0 Å². The number of pyridine rings is 1. The fraction of sp³-hybridized carbons (Fsp3) is 0.259. The molecule has 1 heterocycles. The van der Waals surface area contributed by atoms with Crippen LogP contribution in [0.3, 0.4) is 0 Å². The summed E-state index contributed by atoms with van der Waals surface area (Å²) in [5.74, 6) is -0.165. The number of likely N-dealkylation sites (N-methyl/N-ethyl adjacent to an activating group) is 1. The van der Waals surface area contributed by atoms with Crippen LogP contribution in [0.25, 0.3) is 0 Å². The van der Waals surface area contributed by atoms with Gasteiger partial charge < -0.3 is 25.6 Å². The largest absolute Gasteiger partial charge is 0.497 e. The minimum Gasteiger partial charge on any atom is -0.497 e. The van der Waals surface area contributed by atoms with Gasteiger partial charge in [0, 0.05) is 30.5 Å². The normalized spacial score (nSPS) is 12.8. The average molecular weight is 522 g/mol. The number of amides is 3. The van der Waals surface area contributed by atoms with Crippen molar-refractivity contribution in [1.29, 1.82) is 0 Å². The van der Waals surface area contributed by atoms with Crippen LogP contribution in [0.2, 0.25) is 5.02 Å². The summed E-state index contributed by atoms with van der Waals surface area (Å²) in [6.07, 6.45) is 4.84. The number of halogens is 1. The molecule has 4 rings (SSSR count). The zero-order valence-corrected chi connectivity index (χ0v) is 21.3. The number of ether oxygens (including phenoxy) is 1. The Morgan fingerprint density at radius 3 is 2.41 bits per heavy atom. The van der Waals surface area contributed by atoms with Crippen LogP contribution < -0.4 is 25.6 Å². The molecule has 192 valence electrons. The van der Waals surface area contributed by atoms with Crippen LogP contribution in [0.1, 0.15) is 40.0 Å². The van der Waals surface area contributed by atoms with E-state index in [1.165, 1.54) is 25.8 Å². The third-order valence-electron chi connectivity index (χ3n) is 6.23. The Kier molecular flexibility index (Phi) is 8.37.